The lowest BCUT2D eigenvalue weighted by Gasteiger charge is -2.34. The van der Waals surface area contributed by atoms with Crippen LogP contribution in [0, 0.1) is 5.82 Å². The molecule has 0 aromatic heterocycles. The maximum absolute atomic E-state index is 13.2. The fraction of sp³-hybridized carbons (Fsp3) is 0.333. The van der Waals surface area contributed by atoms with E-state index in [-0.39, 0.29) is 11.9 Å². The second kappa shape index (κ2) is 7.12. The van der Waals surface area contributed by atoms with E-state index in [4.69, 9.17) is 16.3 Å². The van der Waals surface area contributed by atoms with E-state index < -0.39 is 0 Å². The number of hydrogen-bond acceptors (Lipinski definition) is 2. The molecule has 1 aliphatic heterocycles. The summed E-state index contributed by atoms with van der Waals surface area (Å²) in [5.74, 6) is -0.215. The van der Waals surface area contributed by atoms with Crippen LogP contribution in [0.5, 0.6) is 0 Å². The Balaban J connectivity index is 1.57. The largest absolute Gasteiger partial charge is 0.372 e. The van der Waals surface area contributed by atoms with Gasteiger partial charge in [0.25, 0.3) is 0 Å². The Labute approximate surface area is 135 Å². The predicted molar refractivity (Wildman–Crippen MR) is 87.9 cm³/mol. The van der Waals surface area contributed by atoms with Crippen molar-refractivity contribution >= 4 is 17.3 Å². The van der Waals surface area contributed by atoms with Gasteiger partial charge in [0.1, 0.15) is 5.82 Å². The van der Waals surface area contributed by atoms with Crippen molar-refractivity contribution in [1.82, 2.24) is 0 Å². The number of anilines is 1. The van der Waals surface area contributed by atoms with Crippen LogP contribution in [0.2, 0.25) is 5.02 Å². The Morgan fingerprint density at radius 2 is 2.00 bits per heavy atom. The van der Waals surface area contributed by atoms with E-state index in [2.05, 4.69) is 4.90 Å². The van der Waals surface area contributed by atoms with Gasteiger partial charge in [0.15, 0.2) is 0 Å². The molecule has 0 saturated carbocycles. The molecule has 0 spiro atoms. The van der Waals surface area contributed by atoms with Crippen molar-refractivity contribution in [3.63, 3.8) is 0 Å². The molecule has 4 heteroatoms. The van der Waals surface area contributed by atoms with Crippen LogP contribution in [0.4, 0.5) is 10.1 Å². The second-order valence-corrected chi connectivity index (χ2v) is 6.06. The van der Waals surface area contributed by atoms with E-state index in [1.165, 1.54) is 17.8 Å². The highest BCUT2D eigenvalue weighted by atomic mass is 35.5. The molecule has 1 saturated heterocycles. The highest BCUT2D eigenvalue weighted by molar-refractivity contribution is 6.30. The molecule has 3 rings (SSSR count). The lowest BCUT2D eigenvalue weighted by molar-refractivity contribution is 0.0314. The molecular formula is C18H19ClFNO. The van der Waals surface area contributed by atoms with Gasteiger partial charge in [-0.05, 0) is 54.8 Å². The van der Waals surface area contributed by atoms with Crippen LogP contribution in [-0.4, -0.2) is 19.2 Å². The van der Waals surface area contributed by atoms with Gasteiger partial charge >= 0.3 is 0 Å². The van der Waals surface area contributed by atoms with Crippen molar-refractivity contribution in [3.8, 4) is 0 Å². The van der Waals surface area contributed by atoms with Crippen molar-refractivity contribution in [1.29, 1.82) is 0 Å². The molecule has 0 bridgehead atoms. The summed E-state index contributed by atoms with van der Waals surface area (Å²) in [6, 6.07) is 14.5. The average Bonchev–Trinajstić information content (AvgIpc) is 2.54. The first kappa shape index (κ1) is 15.3. The minimum absolute atomic E-state index is 0.174. The molecule has 1 heterocycles. The number of ether oxygens (including phenoxy) is 1. The maximum atomic E-state index is 13.2. The predicted octanol–water partition coefficient (Wildman–Crippen LogP) is 4.66. The van der Waals surface area contributed by atoms with Crippen molar-refractivity contribution in [3.05, 3.63) is 64.9 Å². The summed E-state index contributed by atoms with van der Waals surface area (Å²) in [7, 11) is 0. The Hall–Kier alpha value is -1.58. The molecule has 2 nitrogen and oxygen atoms in total. The van der Waals surface area contributed by atoms with Gasteiger partial charge in [-0.25, -0.2) is 4.39 Å². The standard InChI is InChI=1S/C18H19ClFNO/c19-15-6-8-17(9-7-15)21-10-2-5-18(12-21)22-13-14-3-1-4-16(20)11-14/h1,3-4,6-9,11,18H,2,5,10,12-13H2/t18-/m0/s1. The van der Waals surface area contributed by atoms with E-state index in [1.807, 2.05) is 30.3 Å². The van der Waals surface area contributed by atoms with Gasteiger partial charge in [0, 0.05) is 23.8 Å². The van der Waals surface area contributed by atoms with Crippen LogP contribution in [0.1, 0.15) is 18.4 Å². The highest BCUT2D eigenvalue weighted by Crippen LogP contribution is 2.23. The number of halogens is 2. The van der Waals surface area contributed by atoms with Crippen molar-refractivity contribution < 1.29 is 9.13 Å². The molecule has 116 valence electrons. The first-order valence-electron chi connectivity index (χ1n) is 7.57. The zero-order chi connectivity index (χ0) is 15.4. The van der Waals surface area contributed by atoms with Crippen LogP contribution in [0.3, 0.4) is 0 Å². The van der Waals surface area contributed by atoms with Gasteiger partial charge in [-0.15, -0.1) is 0 Å². The molecular weight excluding hydrogens is 301 g/mol. The molecule has 1 atom stereocenters. The molecule has 0 unspecified atom stereocenters. The Morgan fingerprint density at radius 1 is 1.18 bits per heavy atom. The van der Waals surface area contributed by atoms with E-state index in [0.29, 0.717) is 6.61 Å². The Kier molecular flexibility index (Phi) is 4.96. The lowest BCUT2D eigenvalue weighted by Crippen LogP contribution is -2.39. The molecule has 0 N–H and O–H groups in total. The summed E-state index contributed by atoms with van der Waals surface area (Å²) in [4.78, 5) is 2.32. The summed E-state index contributed by atoms with van der Waals surface area (Å²) < 4.78 is 19.1. The molecule has 1 fully saturated rings. The second-order valence-electron chi connectivity index (χ2n) is 5.63. The van der Waals surface area contributed by atoms with Crippen LogP contribution in [0.15, 0.2) is 48.5 Å². The first-order valence-corrected chi connectivity index (χ1v) is 7.95. The van der Waals surface area contributed by atoms with Gasteiger partial charge in [-0.3, -0.25) is 0 Å². The highest BCUT2D eigenvalue weighted by Gasteiger charge is 2.20. The quantitative estimate of drug-likeness (QED) is 0.812. The summed E-state index contributed by atoms with van der Waals surface area (Å²) in [6.07, 6.45) is 2.31. The number of rotatable bonds is 4. The topological polar surface area (TPSA) is 12.5 Å². The Bertz CT molecular complexity index is 617. The number of hydrogen-bond donors (Lipinski definition) is 0. The van der Waals surface area contributed by atoms with E-state index in [1.54, 1.807) is 6.07 Å². The zero-order valence-electron chi connectivity index (χ0n) is 12.3. The molecule has 2 aromatic rings. The molecule has 1 aliphatic rings. The fourth-order valence-corrected chi connectivity index (χ4v) is 2.93. The van der Waals surface area contributed by atoms with Gasteiger partial charge in [-0.2, -0.15) is 0 Å². The average molecular weight is 320 g/mol. The number of benzene rings is 2. The summed E-state index contributed by atoms with van der Waals surface area (Å²) in [5, 5.41) is 0.750. The molecule has 0 radical (unpaired) electrons. The van der Waals surface area contributed by atoms with Gasteiger partial charge in [0.2, 0.25) is 0 Å². The summed E-state index contributed by atoms with van der Waals surface area (Å²) >= 11 is 5.94. The monoisotopic (exact) mass is 319 g/mol. The summed E-state index contributed by atoms with van der Waals surface area (Å²) in [5.41, 5.74) is 2.05. The lowest BCUT2D eigenvalue weighted by atomic mass is 10.1. The van der Waals surface area contributed by atoms with Crippen LogP contribution in [0.25, 0.3) is 0 Å². The van der Waals surface area contributed by atoms with E-state index >= 15 is 0 Å². The fourth-order valence-electron chi connectivity index (χ4n) is 2.80. The third-order valence-corrected chi connectivity index (χ3v) is 4.20. The third-order valence-electron chi connectivity index (χ3n) is 3.94. The zero-order valence-corrected chi connectivity index (χ0v) is 13.1. The third kappa shape index (κ3) is 3.99. The van der Waals surface area contributed by atoms with Gasteiger partial charge in [0.05, 0.1) is 12.7 Å². The van der Waals surface area contributed by atoms with E-state index in [0.717, 1.165) is 36.5 Å². The van der Waals surface area contributed by atoms with Gasteiger partial charge in [-0.1, -0.05) is 23.7 Å². The number of piperidine rings is 1. The van der Waals surface area contributed by atoms with Crippen LogP contribution < -0.4 is 4.90 Å². The molecule has 0 aliphatic carbocycles. The molecule has 2 aromatic carbocycles. The summed E-state index contributed by atoms with van der Waals surface area (Å²) in [6.45, 7) is 2.34. The minimum atomic E-state index is -0.215. The SMILES string of the molecule is Fc1cccc(CO[C@H]2CCCN(c3ccc(Cl)cc3)C2)c1. The molecule has 22 heavy (non-hydrogen) atoms. The van der Waals surface area contributed by atoms with Crippen molar-refractivity contribution in [2.75, 3.05) is 18.0 Å². The Morgan fingerprint density at radius 3 is 2.77 bits per heavy atom. The van der Waals surface area contributed by atoms with Crippen molar-refractivity contribution in [2.24, 2.45) is 0 Å². The molecule has 0 amide bonds. The number of nitrogens with zero attached hydrogens (tertiary/aromatic N) is 1. The maximum Gasteiger partial charge on any atom is 0.123 e. The van der Waals surface area contributed by atoms with Crippen LogP contribution >= 0.6 is 11.6 Å². The normalized spacial score (nSPS) is 18.5. The van der Waals surface area contributed by atoms with Crippen molar-refractivity contribution in [2.45, 2.75) is 25.6 Å². The van der Waals surface area contributed by atoms with E-state index in [9.17, 15) is 4.39 Å². The van der Waals surface area contributed by atoms with Gasteiger partial charge < -0.3 is 9.64 Å². The first-order chi connectivity index (χ1) is 10.7. The smallest absolute Gasteiger partial charge is 0.123 e. The van der Waals surface area contributed by atoms with Crippen LogP contribution in [-0.2, 0) is 11.3 Å². The minimum Gasteiger partial charge on any atom is -0.372 e.